The van der Waals surface area contributed by atoms with Gasteiger partial charge in [-0.25, -0.2) is 18.7 Å². The van der Waals surface area contributed by atoms with E-state index in [2.05, 4.69) is 33.2 Å². The first-order chi connectivity index (χ1) is 16.1. The molecule has 1 aliphatic heterocycles. The fourth-order valence-electron chi connectivity index (χ4n) is 3.75. The summed E-state index contributed by atoms with van der Waals surface area (Å²) in [5.41, 5.74) is 1.37. The molecule has 0 radical (unpaired) electrons. The Morgan fingerprint density at radius 3 is 2.41 bits per heavy atom. The van der Waals surface area contributed by atoms with Crippen LogP contribution in [0.1, 0.15) is 33.3 Å². The molecule has 0 bridgehead atoms. The number of hydrogen-bond donors (Lipinski definition) is 1. The van der Waals surface area contributed by atoms with Crippen LogP contribution in [0.25, 0.3) is 6.08 Å². The number of piperazine rings is 1. The van der Waals surface area contributed by atoms with Crippen molar-refractivity contribution in [3.8, 4) is 0 Å². The lowest BCUT2D eigenvalue weighted by molar-refractivity contribution is 0.0510. The van der Waals surface area contributed by atoms with Crippen molar-refractivity contribution < 1.29 is 13.9 Å². The van der Waals surface area contributed by atoms with Crippen LogP contribution in [0.4, 0.5) is 9.18 Å². The zero-order valence-electron chi connectivity index (χ0n) is 20.5. The van der Waals surface area contributed by atoms with E-state index in [9.17, 15) is 14.0 Å². The second-order valence-corrected chi connectivity index (χ2v) is 9.60. The molecule has 0 saturated carbocycles. The Morgan fingerprint density at radius 2 is 1.76 bits per heavy atom. The largest absolute Gasteiger partial charge is 0.444 e. The van der Waals surface area contributed by atoms with Crippen molar-refractivity contribution in [3.05, 3.63) is 58.0 Å². The van der Waals surface area contributed by atoms with Gasteiger partial charge in [0, 0.05) is 39.3 Å². The highest BCUT2D eigenvalue weighted by atomic mass is 19.1. The molecule has 186 valence electrons. The fourth-order valence-corrected chi connectivity index (χ4v) is 3.75. The lowest BCUT2D eigenvalue weighted by Crippen LogP contribution is -2.48. The minimum atomic E-state index is -0.596. The van der Waals surface area contributed by atoms with Crippen molar-refractivity contribution in [3.63, 3.8) is 0 Å². The normalized spacial score (nSPS) is 16.0. The Kier molecular flexibility index (Phi) is 8.62. The molecule has 3 rings (SSSR count). The van der Waals surface area contributed by atoms with E-state index in [1.54, 1.807) is 32.9 Å². The first-order valence-electron chi connectivity index (χ1n) is 11.6. The number of halogens is 1. The molecule has 10 heteroatoms. The van der Waals surface area contributed by atoms with Crippen LogP contribution in [0.3, 0.4) is 0 Å². The summed E-state index contributed by atoms with van der Waals surface area (Å²) < 4.78 is 21.0. The highest BCUT2D eigenvalue weighted by Crippen LogP contribution is 2.11. The summed E-state index contributed by atoms with van der Waals surface area (Å²) in [4.78, 5) is 29.0. The van der Waals surface area contributed by atoms with Crippen molar-refractivity contribution in [2.75, 3.05) is 39.3 Å². The van der Waals surface area contributed by atoms with Crippen molar-refractivity contribution in [2.45, 2.75) is 46.5 Å². The van der Waals surface area contributed by atoms with E-state index in [1.165, 1.54) is 33.3 Å². The average Bonchev–Trinajstić information content (AvgIpc) is 3.11. The molecular formula is C24H35FN6O3. The minimum absolute atomic E-state index is 0.0111. The number of carbonyl (C=O) groups excluding carboxylic acids is 1. The number of hydrogen-bond acceptors (Lipinski definition) is 6. The van der Waals surface area contributed by atoms with Gasteiger partial charge in [-0.1, -0.05) is 23.8 Å². The molecule has 1 aliphatic rings. The number of rotatable bonds is 8. The zero-order chi connectivity index (χ0) is 24.7. The number of nitrogens with zero attached hydrogens (tertiary/aromatic N) is 5. The molecule has 1 aromatic heterocycles. The van der Waals surface area contributed by atoms with Crippen LogP contribution < -0.4 is 11.0 Å². The van der Waals surface area contributed by atoms with Gasteiger partial charge in [-0.15, -0.1) is 0 Å². The fraction of sp³-hybridized carbons (Fsp3) is 0.542. The van der Waals surface area contributed by atoms with E-state index in [0.717, 1.165) is 44.8 Å². The maximum Gasteiger partial charge on any atom is 0.409 e. The third-order valence-electron chi connectivity index (χ3n) is 5.44. The lowest BCUT2D eigenvalue weighted by atomic mass is 10.1. The maximum absolute atomic E-state index is 13.1. The van der Waals surface area contributed by atoms with Gasteiger partial charge in [-0.2, -0.15) is 5.10 Å². The molecule has 1 fully saturated rings. The van der Waals surface area contributed by atoms with Gasteiger partial charge >= 0.3 is 11.8 Å². The first kappa shape index (κ1) is 25.6. The molecule has 0 aliphatic carbocycles. The van der Waals surface area contributed by atoms with E-state index in [-0.39, 0.29) is 18.2 Å². The summed E-state index contributed by atoms with van der Waals surface area (Å²) in [5.74, 6) is -0.225. The molecule has 2 aromatic rings. The smallest absolute Gasteiger partial charge is 0.409 e. The Hall–Kier alpha value is -2.98. The van der Waals surface area contributed by atoms with E-state index in [4.69, 9.17) is 4.74 Å². The zero-order valence-corrected chi connectivity index (χ0v) is 20.5. The first-order valence-corrected chi connectivity index (χ1v) is 11.6. The number of alkyl carbamates (subject to hydrolysis) is 1. The highest BCUT2D eigenvalue weighted by Gasteiger charge is 2.18. The molecule has 1 aromatic carbocycles. The number of aromatic nitrogens is 3. The number of benzene rings is 1. The average molecular weight is 475 g/mol. The quantitative estimate of drug-likeness (QED) is 0.633. The van der Waals surface area contributed by atoms with Crippen LogP contribution in [-0.2, 0) is 18.0 Å². The molecular weight excluding hydrogens is 439 g/mol. The topological polar surface area (TPSA) is 84.6 Å². The van der Waals surface area contributed by atoms with Gasteiger partial charge in [0.25, 0.3) is 0 Å². The van der Waals surface area contributed by atoms with Crippen LogP contribution in [0.2, 0.25) is 0 Å². The highest BCUT2D eigenvalue weighted by molar-refractivity contribution is 5.67. The molecule has 0 spiro atoms. The van der Waals surface area contributed by atoms with Crippen LogP contribution in [0.5, 0.6) is 0 Å². The standard InChI is InChI=1S/C24H35FN6O3/c1-19(15-20-5-7-21(25)8-6-20)16-29-11-9-28(10-12-29)13-14-31-23(33)30(18-27-31)17-26-22(32)34-24(2,3)4/h5-8,15,18H,9-14,16-17H2,1-4H3,(H,26,32)/b19-15+. The maximum atomic E-state index is 13.1. The number of ether oxygens (including phenoxy) is 1. The molecule has 0 unspecified atom stereocenters. The third-order valence-corrected chi connectivity index (χ3v) is 5.44. The predicted octanol–water partition coefficient (Wildman–Crippen LogP) is 2.39. The summed E-state index contributed by atoms with van der Waals surface area (Å²) in [7, 11) is 0. The SMILES string of the molecule is C/C(=C\c1ccc(F)cc1)CN1CCN(CCn2ncn(CNC(=O)OC(C)(C)C)c2=O)CC1. The van der Waals surface area contributed by atoms with Gasteiger partial charge in [0.2, 0.25) is 0 Å². The van der Waals surface area contributed by atoms with Crippen molar-refractivity contribution in [1.82, 2.24) is 29.5 Å². The summed E-state index contributed by atoms with van der Waals surface area (Å²) in [6.07, 6.45) is 2.94. The van der Waals surface area contributed by atoms with Gasteiger partial charge in [-0.05, 0) is 45.4 Å². The molecule has 2 heterocycles. The Bertz CT molecular complexity index is 1030. The van der Waals surface area contributed by atoms with Gasteiger partial charge in [-0.3, -0.25) is 14.4 Å². The van der Waals surface area contributed by atoms with Gasteiger partial charge < -0.3 is 10.1 Å². The molecule has 34 heavy (non-hydrogen) atoms. The Labute approximate surface area is 199 Å². The van der Waals surface area contributed by atoms with Crippen LogP contribution in [0, 0.1) is 5.82 Å². The van der Waals surface area contributed by atoms with Crippen LogP contribution >= 0.6 is 0 Å². The lowest BCUT2D eigenvalue weighted by Gasteiger charge is -2.34. The second-order valence-electron chi connectivity index (χ2n) is 9.60. The van der Waals surface area contributed by atoms with Gasteiger partial charge in [0.1, 0.15) is 24.4 Å². The minimum Gasteiger partial charge on any atom is -0.444 e. The van der Waals surface area contributed by atoms with E-state index in [0.29, 0.717) is 6.54 Å². The third kappa shape index (κ3) is 8.11. The van der Waals surface area contributed by atoms with Gasteiger partial charge in [0.05, 0.1) is 6.54 Å². The number of nitrogens with one attached hydrogen (secondary N) is 1. The van der Waals surface area contributed by atoms with E-state index in [1.807, 2.05) is 0 Å². The second kappa shape index (κ2) is 11.4. The monoisotopic (exact) mass is 474 g/mol. The number of carbonyl (C=O) groups is 1. The van der Waals surface area contributed by atoms with Crippen LogP contribution in [0.15, 0.2) is 41.0 Å². The summed E-state index contributed by atoms with van der Waals surface area (Å²) >= 11 is 0. The van der Waals surface area contributed by atoms with E-state index >= 15 is 0 Å². The molecule has 9 nitrogen and oxygen atoms in total. The van der Waals surface area contributed by atoms with Gasteiger partial charge in [0.15, 0.2) is 0 Å². The molecule has 0 atom stereocenters. The molecule has 1 N–H and O–H groups in total. The van der Waals surface area contributed by atoms with Crippen LogP contribution in [-0.4, -0.2) is 75.1 Å². The number of amides is 1. The van der Waals surface area contributed by atoms with Crippen molar-refractivity contribution in [1.29, 1.82) is 0 Å². The summed E-state index contributed by atoms with van der Waals surface area (Å²) in [6, 6.07) is 6.52. The summed E-state index contributed by atoms with van der Waals surface area (Å²) in [5, 5.41) is 6.72. The van der Waals surface area contributed by atoms with Crippen molar-refractivity contribution >= 4 is 12.2 Å². The molecule has 1 amide bonds. The van der Waals surface area contributed by atoms with E-state index < -0.39 is 11.7 Å². The van der Waals surface area contributed by atoms with Crippen molar-refractivity contribution in [2.24, 2.45) is 0 Å². The molecule has 1 saturated heterocycles. The Balaban J connectivity index is 1.40. The Morgan fingerprint density at radius 1 is 1.12 bits per heavy atom. The predicted molar refractivity (Wildman–Crippen MR) is 129 cm³/mol. The summed E-state index contributed by atoms with van der Waals surface area (Å²) in [6.45, 7) is 13.3.